The molecule has 5 nitrogen and oxygen atoms in total. The number of benzene rings is 1. The van der Waals surface area contributed by atoms with Crippen molar-refractivity contribution in [3.05, 3.63) is 29.5 Å². The molecule has 0 unspecified atom stereocenters. The third-order valence-corrected chi connectivity index (χ3v) is 3.95. The normalized spacial score (nSPS) is 14.9. The summed E-state index contributed by atoms with van der Waals surface area (Å²) in [5.41, 5.74) is 2.62. The number of carboxylic acid groups (broad SMARTS) is 1. The maximum absolute atomic E-state index is 11.3. The van der Waals surface area contributed by atoms with Crippen LogP contribution >= 0.6 is 12.4 Å². The van der Waals surface area contributed by atoms with Crippen molar-refractivity contribution < 1.29 is 14.3 Å². The number of halogens is 1. The maximum atomic E-state index is 11.3. The van der Waals surface area contributed by atoms with Crippen molar-refractivity contribution in [3.8, 4) is 0 Å². The van der Waals surface area contributed by atoms with Crippen LogP contribution in [0.3, 0.4) is 0 Å². The lowest BCUT2D eigenvalue weighted by molar-refractivity contribution is 0.0663. The minimum absolute atomic E-state index is 0. The molecule has 1 saturated heterocycles. The molecule has 0 spiro atoms. The van der Waals surface area contributed by atoms with Crippen molar-refractivity contribution in [2.45, 2.75) is 19.8 Å². The van der Waals surface area contributed by atoms with Crippen LogP contribution in [0.2, 0.25) is 0 Å². The van der Waals surface area contributed by atoms with E-state index in [9.17, 15) is 9.90 Å². The highest BCUT2D eigenvalue weighted by molar-refractivity contribution is 5.96. The Hall–Kier alpha value is -1.72. The van der Waals surface area contributed by atoms with Crippen LogP contribution in [0.15, 0.2) is 22.6 Å². The zero-order chi connectivity index (χ0) is 14.8. The van der Waals surface area contributed by atoms with Crippen LogP contribution in [-0.4, -0.2) is 37.3 Å². The van der Waals surface area contributed by atoms with Gasteiger partial charge in [-0.2, -0.15) is 0 Å². The first-order valence-electron chi connectivity index (χ1n) is 7.45. The summed E-state index contributed by atoms with van der Waals surface area (Å²) >= 11 is 0. The predicted octanol–water partition coefficient (Wildman–Crippen LogP) is 2.91. The number of fused-ring (bicyclic) bond motifs is 1. The Balaban J connectivity index is 0.00000176. The predicted molar refractivity (Wildman–Crippen MR) is 89.5 cm³/mol. The first-order chi connectivity index (χ1) is 10.2. The number of rotatable bonds is 4. The first-order valence-corrected chi connectivity index (χ1v) is 7.45. The van der Waals surface area contributed by atoms with Gasteiger partial charge in [-0.05, 0) is 24.6 Å². The van der Waals surface area contributed by atoms with Crippen molar-refractivity contribution in [3.63, 3.8) is 0 Å². The second kappa shape index (κ2) is 7.03. The molecule has 1 aromatic carbocycles. The van der Waals surface area contributed by atoms with Gasteiger partial charge in [-0.15, -0.1) is 12.4 Å². The van der Waals surface area contributed by atoms with E-state index in [0.29, 0.717) is 5.58 Å². The van der Waals surface area contributed by atoms with Gasteiger partial charge in [0.2, 0.25) is 5.76 Å². The molecule has 0 bridgehead atoms. The standard InChI is InChI=1S/C16H20N2O3.ClH/c1-2-3-12-13-10-11(18-8-6-17-7-9-18)4-5-14(13)21-15(12)16(19)20;/h4-5,10,17H,2-3,6-9H2,1H3,(H,19,20);1H. The van der Waals surface area contributed by atoms with Gasteiger partial charge in [-0.1, -0.05) is 13.3 Å². The van der Waals surface area contributed by atoms with E-state index in [4.69, 9.17) is 4.42 Å². The van der Waals surface area contributed by atoms with Crippen molar-refractivity contribution in [2.75, 3.05) is 31.1 Å². The number of hydrogen-bond acceptors (Lipinski definition) is 4. The molecule has 0 atom stereocenters. The number of aromatic carboxylic acids is 1. The Morgan fingerprint density at radius 3 is 2.73 bits per heavy atom. The lowest BCUT2D eigenvalue weighted by atomic mass is 10.0. The van der Waals surface area contributed by atoms with Gasteiger partial charge in [0, 0.05) is 42.8 Å². The highest BCUT2D eigenvalue weighted by Gasteiger charge is 2.20. The summed E-state index contributed by atoms with van der Waals surface area (Å²) in [7, 11) is 0. The molecule has 1 aliphatic heterocycles. The molecule has 1 fully saturated rings. The van der Waals surface area contributed by atoms with Crippen LogP contribution in [0.25, 0.3) is 11.0 Å². The van der Waals surface area contributed by atoms with E-state index in [1.54, 1.807) is 0 Å². The van der Waals surface area contributed by atoms with Crippen LogP contribution in [0.5, 0.6) is 0 Å². The minimum atomic E-state index is -0.988. The lowest BCUT2D eigenvalue weighted by Crippen LogP contribution is -2.43. The van der Waals surface area contributed by atoms with Crippen molar-refractivity contribution >= 4 is 35.0 Å². The molecule has 3 rings (SSSR count). The van der Waals surface area contributed by atoms with Gasteiger partial charge in [0.05, 0.1) is 0 Å². The van der Waals surface area contributed by atoms with Gasteiger partial charge >= 0.3 is 5.97 Å². The largest absolute Gasteiger partial charge is 0.475 e. The fourth-order valence-electron chi connectivity index (χ4n) is 2.93. The van der Waals surface area contributed by atoms with E-state index in [0.717, 1.165) is 55.7 Å². The molecule has 2 aromatic rings. The topological polar surface area (TPSA) is 65.7 Å². The van der Waals surface area contributed by atoms with Gasteiger partial charge in [0.15, 0.2) is 0 Å². The number of hydrogen-bond donors (Lipinski definition) is 2. The van der Waals surface area contributed by atoms with Crippen molar-refractivity contribution in [1.82, 2.24) is 5.32 Å². The van der Waals surface area contributed by atoms with E-state index >= 15 is 0 Å². The summed E-state index contributed by atoms with van der Waals surface area (Å²) < 4.78 is 5.53. The van der Waals surface area contributed by atoms with Crippen molar-refractivity contribution in [2.24, 2.45) is 0 Å². The number of nitrogens with one attached hydrogen (secondary N) is 1. The average Bonchev–Trinajstić information content (AvgIpc) is 2.87. The monoisotopic (exact) mass is 324 g/mol. The summed E-state index contributed by atoms with van der Waals surface area (Å²) in [5.74, 6) is -0.900. The molecule has 1 aliphatic rings. The minimum Gasteiger partial charge on any atom is -0.475 e. The molecule has 120 valence electrons. The number of nitrogens with zero attached hydrogens (tertiary/aromatic N) is 1. The van der Waals surface area contributed by atoms with Gasteiger partial charge in [-0.3, -0.25) is 0 Å². The summed E-state index contributed by atoms with van der Waals surface area (Å²) in [6.07, 6.45) is 1.62. The quantitative estimate of drug-likeness (QED) is 0.905. The summed E-state index contributed by atoms with van der Waals surface area (Å²) in [4.78, 5) is 13.7. The Kier molecular flexibility index (Phi) is 5.32. The number of furan rings is 1. The molecule has 0 saturated carbocycles. The van der Waals surface area contributed by atoms with Gasteiger partial charge in [0.1, 0.15) is 5.58 Å². The van der Waals surface area contributed by atoms with Crippen LogP contribution in [0.4, 0.5) is 5.69 Å². The van der Waals surface area contributed by atoms with Gasteiger partial charge in [-0.25, -0.2) is 4.79 Å². The number of carbonyl (C=O) groups is 1. The highest BCUT2D eigenvalue weighted by Crippen LogP contribution is 2.31. The Bertz CT molecular complexity index is 663. The molecule has 2 N–H and O–H groups in total. The SMILES string of the molecule is CCCc1c(C(=O)O)oc2ccc(N3CCNCC3)cc12.Cl. The molecular weight excluding hydrogens is 304 g/mol. The van der Waals surface area contributed by atoms with E-state index in [1.165, 1.54) is 0 Å². The van der Waals surface area contributed by atoms with E-state index < -0.39 is 5.97 Å². The summed E-state index contributed by atoms with van der Waals surface area (Å²) in [6, 6.07) is 5.97. The summed E-state index contributed by atoms with van der Waals surface area (Å²) in [5, 5.41) is 13.6. The number of piperazine rings is 1. The number of aryl methyl sites for hydroxylation is 1. The van der Waals surface area contributed by atoms with Gasteiger partial charge in [0.25, 0.3) is 0 Å². The second-order valence-corrected chi connectivity index (χ2v) is 5.38. The zero-order valence-electron chi connectivity index (χ0n) is 12.6. The highest BCUT2D eigenvalue weighted by atomic mass is 35.5. The summed E-state index contributed by atoms with van der Waals surface area (Å²) in [6.45, 7) is 5.94. The first kappa shape index (κ1) is 16.6. The van der Waals surface area contributed by atoms with Crippen LogP contribution in [0, 0.1) is 0 Å². The third kappa shape index (κ3) is 3.05. The maximum Gasteiger partial charge on any atom is 0.372 e. The Morgan fingerprint density at radius 1 is 1.36 bits per heavy atom. The van der Waals surface area contributed by atoms with E-state index in [1.807, 2.05) is 19.1 Å². The fraction of sp³-hybridized carbons (Fsp3) is 0.438. The molecule has 6 heteroatoms. The number of carboxylic acids is 1. The number of anilines is 1. The Labute approximate surface area is 135 Å². The average molecular weight is 325 g/mol. The molecule has 22 heavy (non-hydrogen) atoms. The van der Waals surface area contributed by atoms with Crippen molar-refractivity contribution in [1.29, 1.82) is 0 Å². The zero-order valence-corrected chi connectivity index (χ0v) is 13.4. The molecule has 0 aliphatic carbocycles. The van der Waals surface area contributed by atoms with Crippen LogP contribution < -0.4 is 10.2 Å². The lowest BCUT2D eigenvalue weighted by Gasteiger charge is -2.29. The van der Waals surface area contributed by atoms with Crippen LogP contribution in [-0.2, 0) is 6.42 Å². The smallest absolute Gasteiger partial charge is 0.372 e. The third-order valence-electron chi connectivity index (χ3n) is 3.95. The second-order valence-electron chi connectivity index (χ2n) is 5.38. The molecule has 0 amide bonds. The van der Waals surface area contributed by atoms with Crippen LogP contribution in [0.1, 0.15) is 29.5 Å². The molecule has 2 heterocycles. The van der Waals surface area contributed by atoms with E-state index in [-0.39, 0.29) is 18.2 Å². The van der Waals surface area contributed by atoms with Gasteiger partial charge < -0.3 is 19.7 Å². The molecule has 0 radical (unpaired) electrons. The Morgan fingerprint density at radius 2 is 2.09 bits per heavy atom. The van der Waals surface area contributed by atoms with E-state index in [2.05, 4.69) is 16.3 Å². The molecular formula is C16H21ClN2O3. The molecule has 1 aromatic heterocycles. The fourth-order valence-corrected chi connectivity index (χ4v) is 2.93.